The lowest BCUT2D eigenvalue weighted by Gasteiger charge is -2.35. The summed E-state index contributed by atoms with van der Waals surface area (Å²) in [7, 11) is 0. The number of pyridine rings is 2. The van der Waals surface area contributed by atoms with Crippen LogP contribution in [0.4, 0.5) is 10.1 Å². The van der Waals surface area contributed by atoms with Gasteiger partial charge in [0.1, 0.15) is 17.8 Å². The lowest BCUT2D eigenvalue weighted by Crippen LogP contribution is -2.47. The number of ether oxygens (including phenoxy) is 2. The maximum absolute atomic E-state index is 15.5. The minimum Gasteiger partial charge on any atom is -0.457 e. The SMILES string of the molecule is CC[C@@]1(OC(C)=O)C(=O)OCc2c1cc1n(c2=O)Cc2c-1nc1cccc([N+](=O)[O-])c1c2F. The molecule has 33 heavy (non-hydrogen) atoms. The third-order valence-corrected chi connectivity index (χ3v) is 6.11. The molecule has 5 rings (SSSR count). The minimum atomic E-state index is -1.81. The maximum Gasteiger partial charge on any atom is 0.355 e. The molecule has 2 aromatic heterocycles. The molecule has 4 heterocycles. The number of aromatic nitrogens is 2. The van der Waals surface area contributed by atoms with Crippen LogP contribution in [0, 0.1) is 15.9 Å². The Bertz CT molecular complexity index is 1480. The van der Waals surface area contributed by atoms with Crippen molar-refractivity contribution in [2.75, 3.05) is 0 Å². The van der Waals surface area contributed by atoms with Crippen molar-refractivity contribution in [3.05, 3.63) is 67.2 Å². The van der Waals surface area contributed by atoms with Crippen LogP contribution in [-0.2, 0) is 37.8 Å². The van der Waals surface area contributed by atoms with Crippen molar-refractivity contribution in [3.8, 4) is 11.4 Å². The Morgan fingerprint density at radius 1 is 1.36 bits per heavy atom. The Hall–Kier alpha value is -4.15. The smallest absolute Gasteiger partial charge is 0.355 e. The second-order valence-electron chi connectivity index (χ2n) is 7.84. The highest BCUT2D eigenvalue weighted by Gasteiger charge is 2.50. The van der Waals surface area contributed by atoms with Gasteiger partial charge in [0.25, 0.3) is 11.2 Å². The van der Waals surface area contributed by atoms with Gasteiger partial charge in [0, 0.05) is 24.1 Å². The van der Waals surface area contributed by atoms with E-state index in [0.717, 1.165) is 6.92 Å². The highest BCUT2D eigenvalue weighted by atomic mass is 19.1. The van der Waals surface area contributed by atoms with E-state index in [4.69, 9.17) is 9.47 Å². The molecule has 0 spiro atoms. The number of halogens is 1. The monoisotopic (exact) mass is 453 g/mol. The van der Waals surface area contributed by atoms with Crippen LogP contribution in [0.15, 0.2) is 29.1 Å². The van der Waals surface area contributed by atoms with E-state index in [-0.39, 0.29) is 58.6 Å². The van der Waals surface area contributed by atoms with Crippen molar-refractivity contribution in [2.45, 2.75) is 39.0 Å². The number of cyclic esters (lactones) is 1. The topological polar surface area (TPSA) is 131 Å². The molecule has 0 amide bonds. The normalized spacial score (nSPS) is 18.3. The van der Waals surface area contributed by atoms with E-state index in [0.29, 0.717) is 0 Å². The molecule has 2 aliphatic heterocycles. The number of rotatable bonds is 3. The highest BCUT2D eigenvalue weighted by Crippen LogP contribution is 2.42. The van der Waals surface area contributed by atoms with Crippen molar-refractivity contribution in [3.63, 3.8) is 0 Å². The fourth-order valence-electron chi connectivity index (χ4n) is 4.61. The van der Waals surface area contributed by atoms with Crippen molar-refractivity contribution in [1.82, 2.24) is 9.55 Å². The third-order valence-electron chi connectivity index (χ3n) is 6.11. The molecule has 0 N–H and O–H groups in total. The van der Waals surface area contributed by atoms with E-state index in [2.05, 4.69) is 4.98 Å². The number of benzene rings is 1. The molecule has 0 fully saturated rings. The molecule has 0 saturated heterocycles. The van der Waals surface area contributed by atoms with Gasteiger partial charge in [-0.1, -0.05) is 13.0 Å². The first-order chi connectivity index (χ1) is 15.7. The first-order valence-corrected chi connectivity index (χ1v) is 10.1. The number of carbonyl (C=O) groups excluding carboxylic acids is 2. The van der Waals surface area contributed by atoms with Gasteiger partial charge in [-0.05, 0) is 18.6 Å². The average Bonchev–Trinajstić information content (AvgIpc) is 3.14. The predicted octanol–water partition coefficient (Wildman–Crippen LogP) is 2.70. The number of hydrogen-bond donors (Lipinski definition) is 0. The van der Waals surface area contributed by atoms with E-state index in [1.165, 1.54) is 28.8 Å². The van der Waals surface area contributed by atoms with Crippen LogP contribution in [0.1, 0.15) is 37.0 Å². The van der Waals surface area contributed by atoms with Crippen LogP contribution >= 0.6 is 0 Å². The summed E-state index contributed by atoms with van der Waals surface area (Å²) in [5.74, 6) is -2.37. The zero-order valence-electron chi connectivity index (χ0n) is 17.5. The summed E-state index contributed by atoms with van der Waals surface area (Å²) in [5.41, 5.74) is -2.07. The summed E-state index contributed by atoms with van der Waals surface area (Å²) in [6, 6.07) is 5.51. The number of nitro benzene ring substituents is 1. The molecule has 168 valence electrons. The Morgan fingerprint density at radius 2 is 2.12 bits per heavy atom. The first kappa shape index (κ1) is 20.7. The summed E-state index contributed by atoms with van der Waals surface area (Å²) in [5, 5.41) is 11.2. The van der Waals surface area contributed by atoms with Gasteiger partial charge in [0.05, 0.1) is 33.9 Å². The molecule has 0 unspecified atom stereocenters. The van der Waals surface area contributed by atoms with Crippen LogP contribution < -0.4 is 5.56 Å². The van der Waals surface area contributed by atoms with Gasteiger partial charge in [-0.2, -0.15) is 0 Å². The van der Waals surface area contributed by atoms with E-state index >= 15 is 4.39 Å². The van der Waals surface area contributed by atoms with E-state index < -0.39 is 39.5 Å². The molecule has 0 radical (unpaired) electrons. The van der Waals surface area contributed by atoms with Crippen molar-refractivity contribution in [2.24, 2.45) is 0 Å². The minimum absolute atomic E-state index is 0.0138. The van der Waals surface area contributed by atoms with Crippen molar-refractivity contribution < 1.29 is 28.4 Å². The fourth-order valence-corrected chi connectivity index (χ4v) is 4.61. The van der Waals surface area contributed by atoms with Crippen molar-refractivity contribution >= 4 is 28.5 Å². The zero-order valence-corrected chi connectivity index (χ0v) is 17.5. The van der Waals surface area contributed by atoms with Gasteiger partial charge in [0.2, 0.25) is 5.60 Å². The molecule has 11 heteroatoms. The largest absolute Gasteiger partial charge is 0.457 e. The van der Waals surface area contributed by atoms with Gasteiger partial charge in [0.15, 0.2) is 0 Å². The van der Waals surface area contributed by atoms with Gasteiger partial charge < -0.3 is 14.0 Å². The van der Waals surface area contributed by atoms with Crippen LogP contribution in [0.3, 0.4) is 0 Å². The molecule has 1 atom stereocenters. The third kappa shape index (κ3) is 2.71. The number of hydrogen-bond acceptors (Lipinski definition) is 8. The molecule has 3 aromatic rings. The predicted molar refractivity (Wildman–Crippen MR) is 111 cm³/mol. The fraction of sp³-hybridized carbons (Fsp3) is 0.273. The molecular weight excluding hydrogens is 437 g/mol. The Morgan fingerprint density at radius 3 is 2.79 bits per heavy atom. The van der Waals surface area contributed by atoms with Crippen molar-refractivity contribution in [1.29, 1.82) is 0 Å². The summed E-state index contributed by atoms with van der Waals surface area (Å²) >= 11 is 0. The van der Waals surface area contributed by atoms with Gasteiger partial charge in [-0.3, -0.25) is 19.7 Å². The standard InChI is InChI=1S/C22H16FN3O7/c1-3-22(33-10(2)27)13-7-16-19-11(8-25(16)20(28)12(13)9-32-21(22)29)18(23)17-14(24-19)5-4-6-15(17)26(30)31/h4-7H,3,8-9H2,1-2H3/t22-/m0/s1. The zero-order chi connectivity index (χ0) is 23.7. The average molecular weight is 453 g/mol. The molecule has 0 bridgehead atoms. The summed E-state index contributed by atoms with van der Waals surface area (Å²) in [6.07, 6.45) is 0.0138. The number of non-ortho nitro benzene ring substituents is 1. The molecule has 10 nitrogen and oxygen atoms in total. The molecule has 0 saturated carbocycles. The number of nitro groups is 1. The number of esters is 2. The van der Waals surface area contributed by atoms with Crippen LogP contribution in [0.5, 0.6) is 0 Å². The number of nitrogens with zero attached hydrogens (tertiary/aromatic N) is 3. The van der Waals surface area contributed by atoms with Gasteiger partial charge in [-0.15, -0.1) is 0 Å². The van der Waals surface area contributed by atoms with Gasteiger partial charge >= 0.3 is 11.9 Å². The lowest BCUT2D eigenvalue weighted by atomic mass is 9.85. The first-order valence-electron chi connectivity index (χ1n) is 10.1. The Balaban J connectivity index is 1.82. The maximum atomic E-state index is 15.5. The Kier molecular flexibility index (Phi) is 4.35. The number of carbonyl (C=O) groups is 2. The Labute approximate surface area is 184 Å². The van der Waals surface area contributed by atoms with E-state index in [1.54, 1.807) is 6.92 Å². The van der Waals surface area contributed by atoms with E-state index in [9.17, 15) is 24.5 Å². The molecule has 2 aliphatic rings. The summed E-state index contributed by atoms with van der Waals surface area (Å²) < 4.78 is 27.3. The molecular formula is C22H16FN3O7. The second-order valence-corrected chi connectivity index (χ2v) is 7.84. The van der Waals surface area contributed by atoms with E-state index in [1.807, 2.05) is 0 Å². The highest BCUT2D eigenvalue weighted by molar-refractivity contribution is 5.92. The summed E-state index contributed by atoms with van der Waals surface area (Å²) in [4.78, 5) is 52.9. The van der Waals surface area contributed by atoms with Crippen LogP contribution in [0.2, 0.25) is 0 Å². The lowest BCUT2D eigenvalue weighted by molar-refractivity contribution is -0.383. The second kappa shape index (κ2) is 6.92. The van der Waals surface area contributed by atoms with Gasteiger partial charge in [-0.25, -0.2) is 14.2 Å². The molecule has 0 aliphatic carbocycles. The molecule has 1 aromatic carbocycles. The van der Waals surface area contributed by atoms with Crippen LogP contribution in [0.25, 0.3) is 22.3 Å². The quantitative estimate of drug-likeness (QED) is 0.263. The number of fused-ring (bicyclic) bond motifs is 5. The van der Waals surface area contributed by atoms with Crippen LogP contribution in [-0.4, -0.2) is 26.4 Å². The summed E-state index contributed by atoms with van der Waals surface area (Å²) in [6.45, 7) is 2.24.